The predicted molar refractivity (Wildman–Crippen MR) is 136 cm³/mol. The lowest BCUT2D eigenvalue weighted by molar-refractivity contribution is 0.420. The predicted octanol–water partition coefficient (Wildman–Crippen LogP) is 5.89. The molecule has 1 aliphatic heterocycles. The minimum Gasteiger partial charge on any atom is -0.512 e. The van der Waals surface area contributed by atoms with E-state index in [1.807, 2.05) is 6.07 Å². The van der Waals surface area contributed by atoms with Crippen LogP contribution >= 0.6 is 11.8 Å². The van der Waals surface area contributed by atoms with Crippen LogP contribution in [0, 0.1) is 0 Å². The second kappa shape index (κ2) is 9.97. The molecule has 0 aliphatic carbocycles. The van der Waals surface area contributed by atoms with Gasteiger partial charge in [0.05, 0.1) is 27.0 Å². The minimum atomic E-state index is -3.87. The molecule has 3 N–H and O–H groups in total. The van der Waals surface area contributed by atoms with Crippen molar-refractivity contribution in [1.82, 2.24) is 0 Å². The van der Waals surface area contributed by atoms with E-state index in [1.54, 1.807) is 48.5 Å². The average Bonchev–Trinajstić information content (AvgIpc) is 3.10. The monoisotopic (exact) mass is 484 g/mol. The van der Waals surface area contributed by atoms with Gasteiger partial charge in [0.2, 0.25) is 0 Å². The van der Waals surface area contributed by atoms with Crippen LogP contribution in [0.2, 0.25) is 0 Å². The van der Waals surface area contributed by atoms with Crippen molar-refractivity contribution in [1.29, 1.82) is 0 Å². The normalized spacial score (nSPS) is 14.7. The lowest BCUT2D eigenvalue weighted by atomic mass is 10.1. The fraction of sp³-hybridized carbons (Fsp3) is 0.280. The number of phenolic OH excluding ortho intramolecular Hbond substituents is 1. The number of benzene rings is 3. The second-order valence-corrected chi connectivity index (χ2v) is 10.9. The molecule has 3 aromatic carbocycles. The summed E-state index contributed by atoms with van der Waals surface area (Å²) in [7, 11) is -3.87. The first-order valence-electron chi connectivity index (χ1n) is 11.0. The van der Waals surface area contributed by atoms with Crippen LogP contribution in [0.25, 0.3) is 10.8 Å². The van der Waals surface area contributed by atoms with E-state index in [9.17, 15) is 18.6 Å². The van der Waals surface area contributed by atoms with Gasteiger partial charge in [0.15, 0.2) is 0 Å². The highest BCUT2D eigenvalue weighted by molar-refractivity contribution is 7.99. The molecule has 1 aliphatic rings. The molecule has 0 aromatic heterocycles. The molecule has 1 heterocycles. The molecule has 0 atom stereocenters. The first-order valence-corrected chi connectivity index (χ1v) is 13.4. The molecule has 1 fully saturated rings. The summed E-state index contributed by atoms with van der Waals surface area (Å²) >= 11 is 1.19. The van der Waals surface area contributed by atoms with Crippen molar-refractivity contribution in [2.45, 2.75) is 35.5 Å². The van der Waals surface area contributed by atoms with Crippen LogP contribution in [0.1, 0.15) is 25.7 Å². The number of nitrogens with zero attached hydrogens (tertiary/aromatic N) is 1. The van der Waals surface area contributed by atoms with Gasteiger partial charge in [-0.25, -0.2) is 8.42 Å². The second-order valence-electron chi connectivity index (χ2n) is 8.18. The molecular formula is C25H28N2O4S2. The Labute approximate surface area is 199 Å². The van der Waals surface area contributed by atoms with Gasteiger partial charge in [0, 0.05) is 29.5 Å². The minimum absolute atomic E-state index is 0.0278. The zero-order valence-corrected chi connectivity index (χ0v) is 20.0. The molecule has 8 heteroatoms. The van der Waals surface area contributed by atoms with Crippen molar-refractivity contribution >= 4 is 43.9 Å². The van der Waals surface area contributed by atoms with Crippen LogP contribution in [0.4, 0.5) is 11.4 Å². The van der Waals surface area contributed by atoms with Gasteiger partial charge >= 0.3 is 0 Å². The third-order valence-electron chi connectivity index (χ3n) is 5.72. The van der Waals surface area contributed by atoms with Crippen LogP contribution in [-0.2, 0) is 10.0 Å². The Kier molecular flexibility index (Phi) is 7.05. The lowest BCUT2D eigenvalue weighted by Gasteiger charge is -2.23. The molecular weight excluding hydrogens is 456 g/mol. The number of hydrogen-bond donors (Lipinski definition) is 3. The number of aliphatic hydroxyl groups is 1. The molecule has 0 amide bonds. The Morgan fingerprint density at radius 2 is 1.70 bits per heavy atom. The number of anilines is 2. The van der Waals surface area contributed by atoms with Crippen molar-refractivity contribution in [3.05, 3.63) is 66.9 Å². The molecule has 6 nitrogen and oxygen atoms in total. The summed E-state index contributed by atoms with van der Waals surface area (Å²) in [6.45, 7) is 5.33. The molecule has 0 spiro atoms. The Morgan fingerprint density at radius 3 is 2.39 bits per heavy atom. The Hall–Kier alpha value is -2.84. The standard InChI is InChI=1S/C25H28N2O4S2/c1-18(28)17-32-24-16-23(21-11-4-5-12-22(21)25(24)29)26-33(30,31)20-10-8-9-19(15-20)27-13-6-2-3-7-14-27/h4-5,8-12,15-16,26,28-29H,1-3,6-7,13-14,17H2. The van der Waals surface area contributed by atoms with Crippen LogP contribution in [0.3, 0.4) is 0 Å². The summed E-state index contributed by atoms with van der Waals surface area (Å²) in [5, 5.41) is 21.3. The SMILES string of the molecule is C=C(O)CSc1cc(NS(=O)(=O)c2cccc(N3CCCCCC3)c2)c2ccccc2c1O. The van der Waals surface area contributed by atoms with E-state index in [-0.39, 0.29) is 22.2 Å². The van der Waals surface area contributed by atoms with Gasteiger partial charge in [-0.1, -0.05) is 49.8 Å². The summed E-state index contributed by atoms with van der Waals surface area (Å²) in [4.78, 5) is 2.90. The fourth-order valence-corrected chi connectivity index (χ4v) is 5.95. The third-order valence-corrected chi connectivity index (χ3v) is 8.18. The summed E-state index contributed by atoms with van der Waals surface area (Å²) in [5.41, 5.74) is 1.28. The van der Waals surface area contributed by atoms with Gasteiger partial charge in [0.25, 0.3) is 10.0 Å². The summed E-state index contributed by atoms with van der Waals surface area (Å²) in [5.74, 6) is 0.207. The van der Waals surface area contributed by atoms with E-state index in [4.69, 9.17) is 0 Å². The van der Waals surface area contributed by atoms with E-state index in [0.29, 0.717) is 21.4 Å². The molecule has 4 rings (SSSR count). The topological polar surface area (TPSA) is 89.9 Å². The number of thioether (sulfide) groups is 1. The van der Waals surface area contributed by atoms with E-state index < -0.39 is 10.0 Å². The molecule has 0 unspecified atom stereocenters. The maximum Gasteiger partial charge on any atom is 0.261 e. The number of aliphatic hydroxyl groups excluding tert-OH is 1. The fourth-order valence-electron chi connectivity index (χ4n) is 4.07. The highest BCUT2D eigenvalue weighted by Crippen LogP contribution is 2.40. The number of sulfonamides is 1. The number of fused-ring (bicyclic) bond motifs is 1. The first kappa shape index (κ1) is 23.3. The molecule has 1 saturated heterocycles. The van der Waals surface area contributed by atoms with Crippen LogP contribution in [-0.4, -0.2) is 37.5 Å². The number of rotatable bonds is 7. The van der Waals surface area contributed by atoms with Crippen molar-refractivity contribution in [2.24, 2.45) is 0 Å². The number of phenols is 1. The smallest absolute Gasteiger partial charge is 0.261 e. The van der Waals surface area contributed by atoms with Crippen LogP contribution in [0.15, 0.2) is 76.7 Å². The molecule has 33 heavy (non-hydrogen) atoms. The Bertz CT molecular complexity index is 1270. The quantitative estimate of drug-likeness (QED) is 0.220. The van der Waals surface area contributed by atoms with Gasteiger partial charge in [-0.15, -0.1) is 11.8 Å². The Balaban J connectivity index is 1.69. The van der Waals surface area contributed by atoms with Gasteiger partial charge in [-0.05, 0) is 37.1 Å². The maximum atomic E-state index is 13.4. The van der Waals surface area contributed by atoms with Gasteiger partial charge in [-0.2, -0.15) is 0 Å². The summed E-state index contributed by atoms with van der Waals surface area (Å²) in [6.07, 6.45) is 4.62. The maximum absolute atomic E-state index is 13.4. The first-order chi connectivity index (χ1) is 15.8. The van der Waals surface area contributed by atoms with Crippen molar-refractivity contribution < 1.29 is 18.6 Å². The van der Waals surface area contributed by atoms with Gasteiger partial charge < -0.3 is 15.1 Å². The van der Waals surface area contributed by atoms with Crippen molar-refractivity contribution in [2.75, 3.05) is 28.5 Å². The van der Waals surface area contributed by atoms with E-state index in [2.05, 4.69) is 16.2 Å². The van der Waals surface area contributed by atoms with Gasteiger partial charge in [-0.3, -0.25) is 4.72 Å². The zero-order chi connectivity index (χ0) is 23.4. The molecule has 0 radical (unpaired) electrons. The average molecular weight is 485 g/mol. The van der Waals surface area contributed by atoms with Gasteiger partial charge in [0.1, 0.15) is 5.75 Å². The largest absolute Gasteiger partial charge is 0.512 e. The summed E-state index contributed by atoms with van der Waals surface area (Å²) in [6, 6.07) is 15.7. The lowest BCUT2D eigenvalue weighted by Crippen LogP contribution is -2.24. The zero-order valence-electron chi connectivity index (χ0n) is 18.3. The van der Waals surface area contributed by atoms with Crippen LogP contribution in [0.5, 0.6) is 5.75 Å². The molecule has 0 bridgehead atoms. The number of nitrogens with one attached hydrogen (secondary N) is 1. The Morgan fingerprint density at radius 1 is 1.00 bits per heavy atom. The molecule has 3 aromatic rings. The highest BCUT2D eigenvalue weighted by atomic mass is 32.2. The molecule has 0 saturated carbocycles. The van der Waals surface area contributed by atoms with Crippen molar-refractivity contribution in [3.8, 4) is 5.75 Å². The number of hydrogen-bond acceptors (Lipinski definition) is 6. The van der Waals surface area contributed by atoms with E-state index >= 15 is 0 Å². The van der Waals surface area contributed by atoms with Crippen molar-refractivity contribution in [3.63, 3.8) is 0 Å². The summed E-state index contributed by atoms with van der Waals surface area (Å²) < 4.78 is 29.4. The van der Waals surface area contributed by atoms with Crippen LogP contribution < -0.4 is 9.62 Å². The number of aromatic hydroxyl groups is 1. The highest BCUT2D eigenvalue weighted by Gasteiger charge is 2.20. The third kappa shape index (κ3) is 5.39. The molecule has 174 valence electrons. The van der Waals surface area contributed by atoms with E-state index in [1.165, 1.54) is 24.6 Å². The van der Waals surface area contributed by atoms with E-state index in [0.717, 1.165) is 31.6 Å².